The van der Waals surface area contributed by atoms with Gasteiger partial charge in [-0.25, -0.2) is 10.2 Å². The Balaban J connectivity index is 2.66. The van der Waals surface area contributed by atoms with Gasteiger partial charge in [0.1, 0.15) is 5.82 Å². The molecule has 72 valence electrons. The Labute approximate surface area is 78.1 Å². The maximum atomic E-state index is 12.6. The number of rotatable bonds is 3. The predicted octanol–water partition coefficient (Wildman–Crippen LogP) is 2.16. The summed E-state index contributed by atoms with van der Waals surface area (Å²) < 4.78 is 12.6. The Bertz CT molecular complexity index is 256. The van der Waals surface area contributed by atoms with Gasteiger partial charge in [0, 0.05) is 6.54 Å². The van der Waals surface area contributed by atoms with Crippen molar-refractivity contribution in [3.63, 3.8) is 0 Å². The first-order valence-electron chi connectivity index (χ1n) is 4.37. The van der Waals surface area contributed by atoms with Crippen LogP contribution < -0.4 is 10.9 Å². The number of hydrogen-bond acceptors (Lipinski definition) is 2. The van der Waals surface area contributed by atoms with Crippen molar-refractivity contribution >= 4 is 5.69 Å². The van der Waals surface area contributed by atoms with E-state index >= 15 is 0 Å². The third-order valence-electron chi connectivity index (χ3n) is 1.72. The van der Waals surface area contributed by atoms with Crippen LogP contribution in [0.5, 0.6) is 0 Å². The third-order valence-corrected chi connectivity index (χ3v) is 1.72. The molecule has 1 rings (SSSR count). The fourth-order valence-electron chi connectivity index (χ4n) is 1.13. The van der Waals surface area contributed by atoms with Gasteiger partial charge in [0.15, 0.2) is 0 Å². The van der Waals surface area contributed by atoms with Crippen molar-refractivity contribution in [3.05, 3.63) is 30.1 Å². The quantitative estimate of drug-likeness (QED) is 0.573. The van der Waals surface area contributed by atoms with Gasteiger partial charge in [-0.05, 0) is 30.2 Å². The van der Waals surface area contributed by atoms with Crippen molar-refractivity contribution in [2.75, 3.05) is 11.6 Å². The van der Waals surface area contributed by atoms with Gasteiger partial charge in [-0.2, -0.15) is 0 Å². The maximum Gasteiger partial charge on any atom is 0.123 e. The van der Waals surface area contributed by atoms with Crippen LogP contribution in [0.25, 0.3) is 0 Å². The number of benzene rings is 1. The van der Waals surface area contributed by atoms with Crippen LogP contribution in [-0.2, 0) is 0 Å². The number of hydrazine groups is 1. The molecule has 0 bridgehead atoms. The molecule has 2 nitrogen and oxygen atoms in total. The molecule has 0 aliphatic carbocycles. The molecule has 2 N–H and O–H groups in total. The van der Waals surface area contributed by atoms with Gasteiger partial charge in [-0.3, -0.25) is 0 Å². The molecule has 0 aromatic heterocycles. The van der Waals surface area contributed by atoms with Crippen molar-refractivity contribution < 1.29 is 4.39 Å². The minimum absolute atomic E-state index is 0.235. The standard InChI is InChI=1S/C10H15FN2/c1-8(2)7-13(12)10-5-3-9(11)4-6-10/h3-6,8H,7,12H2,1-2H3. The van der Waals surface area contributed by atoms with E-state index in [0.717, 1.165) is 12.2 Å². The van der Waals surface area contributed by atoms with E-state index in [1.54, 1.807) is 17.1 Å². The minimum atomic E-state index is -0.235. The van der Waals surface area contributed by atoms with Gasteiger partial charge < -0.3 is 5.01 Å². The lowest BCUT2D eigenvalue weighted by atomic mass is 10.2. The number of nitrogens with two attached hydrogens (primary N) is 1. The van der Waals surface area contributed by atoms with Crippen molar-refractivity contribution in [3.8, 4) is 0 Å². The lowest BCUT2D eigenvalue weighted by Crippen LogP contribution is -2.34. The topological polar surface area (TPSA) is 29.3 Å². The first kappa shape index (κ1) is 9.99. The zero-order valence-electron chi connectivity index (χ0n) is 8.00. The van der Waals surface area contributed by atoms with Crippen molar-refractivity contribution in [1.82, 2.24) is 0 Å². The largest absolute Gasteiger partial charge is 0.311 e. The highest BCUT2D eigenvalue weighted by Crippen LogP contribution is 2.12. The van der Waals surface area contributed by atoms with E-state index < -0.39 is 0 Å². The summed E-state index contributed by atoms with van der Waals surface area (Å²) in [6, 6.07) is 6.18. The Morgan fingerprint density at radius 1 is 1.31 bits per heavy atom. The van der Waals surface area contributed by atoms with Gasteiger partial charge in [0.2, 0.25) is 0 Å². The molecule has 0 saturated carbocycles. The van der Waals surface area contributed by atoms with E-state index in [4.69, 9.17) is 5.84 Å². The van der Waals surface area contributed by atoms with Crippen LogP contribution >= 0.6 is 0 Å². The summed E-state index contributed by atoms with van der Waals surface area (Å²) in [4.78, 5) is 0. The van der Waals surface area contributed by atoms with E-state index in [0.29, 0.717) is 5.92 Å². The van der Waals surface area contributed by atoms with Crippen LogP contribution in [0.2, 0.25) is 0 Å². The number of halogens is 1. The molecule has 0 atom stereocenters. The highest BCUT2D eigenvalue weighted by atomic mass is 19.1. The maximum absolute atomic E-state index is 12.6. The highest BCUT2D eigenvalue weighted by Gasteiger charge is 2.03. The first-order chi connectivity index (χ1) is 6.09. The van der Waals surface area contributed by atoms with Gasteiger partial charge in [0.05, 0.1) is 5.69 Å². The molecular formula is C10H15FN2. The summed E-state index contributed by atoms with van der Waals surface area (Å²) in [5.74, 6) is 6.02. The highest BCUT2D eigenvalue weighted by molar-refractivity contribution is 5.44. The van der Waals surface area contributed by atoms with Crippen molar-refractivity contribution in [2.45, 2.75) is 13.8 Å². The van der Waals surface area contributed by atoms with Crippen LogP contribution in [0.3, 0.4) is 0 Å². The first-order valence-corrected chi connectivity index (χ1v) is 4.37. The normalized spacial score (nSPS) is 10.5. The molecule has 0 amide bonds. The van der Waals surface area contributed by atoms with E-state index in [1.807, 2.05) is 0 Å². The average Bonchev–Trinajstić information content (AvgIpc) is 2.04. The fraction of sp³-hybridized carbons (Fsp3) is 0.400. The molecular weight excluding hydrogens is 167 g/mol. The predicted molar refractivity (Wildman–Crippen MR) is 52.8 cm³/mol. The van der Waals surface area contributed by atoms with Crippen LogP contribution in [0.15, 0.2) is 24.3 Å². The fourth-order valence-corrected chi connectivity index (χ4v) is 1.13. The summed E-state index contributed by atoms with van der Waals surface area (Å²) in [7, 11) is 0. The molecule has 0 unspecified atom stereocenters. The van der Waals surface area contributed by atoms with E-state index in [2.05, 4.69) is 13.8 Å². The summed E-state index contributed by atoms with van der Waals surface area (Å²) in [5.41, 5.74) is 0.843. The molecule has 0 aliphatic heterocycles. The minimum Gasteiger partial charge on any atom is -0.311 e. The summed E-state index contributed by atoms with van der Waals surface area (Å²) in [6.45, 7) is 4.94. The molecule has 0 heterocycles. The number of nitrogens with zero attached hydrogens (tertiary/aromatic N) is 1. The molecule has 0 radical (unpaired) electrons. The zero-order valence-corrected chi connectivity index (χ0v) is 8.00. The molecule has 1 aromatic carbocycles. The van der Waals surface area contributed by atoms with Gasteiger partial charge >= 0.3 is 0 Å². The smallest absolute Gasteiger partial charge is 0.123 e. The van der Waals surface area contributed by atoms with E-state index in [9.17, 15) is 4.39 Å². The second-order valence-electron chi connectivity index (χ2n) is 3.52. The molecule has 0 spiro atoms. The lowest BCUT2D eigenvalue weighted by molar-refractivity contribution is 0.615. The van der Waals surface area contributed by atoms with Crippen LogP contribution in [-0.4, -0.2) is 6.54 Å². The van der Waals surface area contributed by atoms with E-state index in [-0.39, 0.29) is 5.82 Å². The average molecular weight is 182 g/mol. The van der Waals surface area contributed by atoms with Gasteiger partial charge in [-0.1, -0.05) is 13.8 Å². The summed E-state index contributed by atoms with van der Waals surface area (Å²) in [5, 5.41) is 1.63. The second-order valence-corrected chi connectivity index (χ2v) is 3.52. The number of anilines is 1. The second kappa shape index (κ2) is 4.23. The van der Waals surface area contributed by atoms with Crippen molar-refractivity contribution in [1.29, 1.82) is 0 Å². The molecule has 13 heavy (non-hydrogen) atoms. The Hall–Kier alpha value is -1.09. The molecule has 0 fully saturated rings. The third kappa shape index (κ3) is 3.03. The molecule has 3 heteroatoms. The van der Waals surface area contributed by atoms with E-state index in [1.165, 1.54) is 12.1 Å². The van der Waals surface area contributed by atoms with Crippen LogP contribution in [0.1, 0.15) is 13.8 Å². The molecule has 1 aromatic rings. The van der Waals surface area contributed by atoms with Gasteiger partial charge in [-0.15, -0.1) is 0 Å². The zero-order chi connectivity index (χ0) is 9.84. The monoisotopic (exact) mass is 182 g/mol. The summed E-state index contributed by atoms with van der Waals surface area (Å²) >= 11 is 0. The molecule has 0 aliphatic rings. The van der Waals surface area contributed by atoms with Crippen molar-refractivity contribution in [2.24, 2.45) is 11.8 Å². The number of hydrogen-bond donors (Lipinski definition) is 1. The Morgan fingerprint density at radius 2 is 1.85 bits per heavy atom. The SMILES string of the molecule is CC(C)CN(N)c1ccc(F)cc1. The lowest BCUT2D eigenvalue weighted by Gasteiger charge is -2.20. The van der Waals surface area contributed by atoms with Crippen LogP contribution in [0, 0.1) is 11.7 Å². The Morgan fingerprint density at radius 3 is 2.31 bits per heavy atom. The Kier molecular flexibility index (Phi) is 3.25. The van der Waals surface area contributed by atoms with Crippen LogP contribution in [0.4, 0.5) is 10.1 Å². The molecule has 0 saturated heterocycles. The summed E-state index contributed by atoms with van der Waals surface area (Å²) in [6.07, 6.45) is 0. The van der Waals surface area contributed by atoms with Gasteiger partial charge in [0.25, 0.3) is 0 Å².